The summed E-state index contributed by atoms with van der Waals surface area (Å²) in [7, 11) is -0.0272. The number of sulfonamides is 1. The first-order valence-electron chi connectivity index (χ1n) is 7.08. The molecule has 0 radical (unpaired) electrons. The summed E-state index contributed by atoms with van der Waals surface area (Å²) in [4.78, 5) is 4.37. The molecule has 1 heterocycles. The van der Waals surface area contributed by atoms with Gasteiger partial charge in [-0.2, -0.15) is 4.31 Å². The molecule has 1 aromatic heterocycles. The number of nitrogens with one attached hydrogen (secondary N) is 1. The van der Waals surface area contributed by atoms with Gasteiger partial charge in [0.1, 0.15) is 5.82 Å². The van der Waals surface area contributed by atoms with Gasteiger partial charge in [-0.05, 0) is 24.8 Å². The molecule has 2 rings (SSSR count). The lowest BCUT2D eigenvalue weighted by Gasteiger charge is -2.35. The largest absolute Gasteiger partial charge is 0.373 e. The highest BCUT2D eigenvalue weighted by atomic mass is 32.2. The normalized spacial score (nSPS) is 23.8. The molecule has 1 saturated carbocycles. The molecule has 0 aliphatic heterocycles. The molecule has 0 saturated heterocycles. The van der Waals surface area contributed by atoms with Crippen molar-refractivity contribution in [1.29, 1.82) is 0 Å². The predicted octanol–water partition coefficient (Wildman–Crippen LogP) is 2.32. The number of hydrogen-bond donors (Lipinski definition) is 1. The summed E-state index contributed by atoms with van der Waals surface area (Å²) in [5.74, 6) is 0.977. The maximum Gasteiger partial charge on any atom is 0.243 e. The van der Waals surface area contributed by atoms with E-state index < -0.39 is 10.0 Å². The fourth-order valence-electron chi connectivity index (χ4n) is 2.89. The highest BCUT2D eigenvalue weighted by Crippen LogP contribution is 2.30. The molecular formula is C14H23N3O2S. The van der Waals surface area contributed by atoms with Gasteiger partial charge in [-0.3, -0.25) is 0 Å². The van der Waals surface area contributed by atoms with Crippen molar-refractivity contribution in [3.63, 3.8) is 0 Å². The molecule has 0 spiro atoms. The van der Waals surface area contributed by atoms with Crippen molar-refractivity contribution >= 4 is 15.8 Å². The molecule has 2 atom stereocenters. The molecule has 0 bridgehead atoms. The zero-order valence-electron chi connectivity index (χ0n) is 12.3. The molecule has 5 nitrogen and oxygen atoms in total. The van der Waals surface area contributed by atoms with Crippen molar-refractivity contribution in [2.24, 2.45) is 5.92 Å². The molecule has 0 amide bonds. The van der Waals surface area contributed by atoms with Crippen molar-refractivity contribution in [1.82, 2.24) is 9.29 Å². The van der Waals surface area contributed by atoms with Crippen LogP contribution in [0.15, 0.2) is 23.2 Å². The highest BCUT2D eigenvalue weighted by Gasteiger charge is 2.33. The fraction of sp³-hybridized carbons (Fsp3) is 0.643. The van der Waals surface area contributed by atoms with E-state index in [4.69, 9.17) is 0 Å². The summed E-state index contributed by atoms with van der Waals surface area (Å²) in [6.07, 6.45) is 5.87. The quantitative estimate of drug-likeness (QED) is 0.926. The van der Waals surface area contributed by atoms with E-state index in [1.807, 2.05) is 0 Å². The van der Waals surface area contributed by atoms with Crippen molar-refractivity contribution < 1.29 is 8.42 Å². The summed E-state index contributed by atoms with van der Waals surface area (Å²) in [5, 5.41) is 2.87. The van der Waals surface area contributed by atoms with Gasteiger partial charge < -0.3 is 5.32 Å². The molecule has 1 aromatic rings. The second kappa shape index (κ2) is 6.10. The van der Waals surface area contributed by atoms with Gasteiger partial charge in [0, 0.05) is 32.4 Å². The third-order valence-electron chi connectivity index (χ3n) is 4.20. The minimum absolute atomic E-state index is 0.0972. The van der Waals surface area contributed by atoms with Gasteiger partial charge >= 0.3 is 0 Å². The minimum atomic E-state index is -3.45. The van der Waals surface area contributed by atoms with E-state index in [0.29, 0.717) is 16.6 Å². The number of pyridine rings is 1. The van der Waals surface area contributed by atoms with Crippen LogP contribution in [-0.4, -0.2) is 37.8 Å². The molecule has 112 valence electrons. The van der Waals surface area contributed by atoms with Crippen LogP contribution in [0.4, 0.5) is 5.82 Å². The van der Waals surface area contributed by atoms with Gasteiger partial charge in [0.25, 0.3) is 0 Å². The van der Waals surface area contributed by atoms with Crippen LogP contribution in [0.1, 0.15) is 32.6 Å². The number of nitrogens with zero attached hydrogens (tertiary/aromatic N) is 2. The molecular weight excluding hydrogens is 274 g/mol. The zero-order chi connectivity index (χ0) is 14.8. The van der Waals surface area contributed by atoms with Crippen molar-refractivity contribution in [3.8, 4) is 0 Å². The van der Waals surface area contributed by atoms with Gasteiger partial charge in [-0.15, -0.1) is 0 Å². The Hall–Kier alpha value is -1.14. The summed E-state index contributed by atoms with van der Waals surface area (Å²) in [6.45, 7) is 2.14. The number of anilines is 1. The SMILES string of the molecule is CNc1cc(S(=O)(=O)N(C)C2CCCCC2C)ccn1. The Morgan fingerprint density at radius 2 is 2.05 bits per heavy atom. The van der Waals surface area contributed by atoms with Crippen LogP contribution in [0.25, 0.3) is 0 Å². The lowest BCUT2D eigenvalue weighted by atomic mass is 9.86. The Labute approximate surface area is 121 Å². The summed E-state index contributed by atoms with van der Waals surface area (Å²) >= 11 is 0. The summed E-state index contributed by atoms with van der Waals surface area (Å²) in [6, 6.07) is 3.24. The van der Waals surface area contributed by atoms with Crippen LogP contribution in [0.5, 0.6) is 0 Å². The third kappa shape index (κ3) is 2.96. The summed E-state index contributed by atoms with van der Waals surface area (Å²) < 4.78 is 27.0. The lowest BCUT2D eigenvalue weighted by molar-refractivity contribution is 0.213. The maximum atomic E-state index is 12.7. The molecule has 1 aliphatic rings. The van der Waals surface area contributed by atoms with E-state index in [1.165, 1.54) is 12.6 Å². The van der Waals surface area contributed by atoms with E-state index in [0.717, 1.165) is 19.3 Å². The van der Waals surface area contributed by atoms with E-state index in [-0.39, 0.29) is 6.04 Å². The van der Waals surface area contributed by atoms with Gasteiger partial charge in [0.15, 0.2) is 0 Å². The number of rotatable bonds is 4. The maximum absolute atomic E-state index is 12.7. The monoisotopic (exact) mass is 297 g/mol. The van der Waals surface area contributed by atoms with Crippen LogP contribution in [0.2, 0.25) is 0 Å². The van der Waals surface area contributed by atoms with E-state index >= 15 is 0 Å². The van der Waals surface area contributed by atoms with E-state index in [9.17, 15) is 8.42 Å². The minimum Gasteiger partial charge on any atom is -0.373 e. The molecule has 0 aromatic carbocycles. The molecule has 1 fully saturated rings. The first kappa shape index (κ1) is 15.3. The topological polar surface area (TPSA) is 62.3 Å². The van der Waals surface area contributed by atoms with Crippen molar-refractivity contribution in [2.75, 3.05) is 19.4 Å². The number of aromatic nitrogens is 1. The van der Waals surface area contributed by atoms with Crippen LogP contribution < -0.4 is 5.32 Å². The van der Waals surface area contributed by atoms with Gasteiger partial charge in [-0.1, -0.05) is 19.8 Å². The first-order valence-corrected chi connectivity index (χ1v) is 8.52. The molecule has 1 aliphatic carbocycles. The highest BCUT2D eigenvalue weighted by molar-refractivity contribution is 7.89. The Morgan fingerprint density at radius 1 is 1.35 bits per heavy atom. The average Bonchev–Trinajstić information content (AvgIpc) is 2.47. The molecule has 1 N–H and O–H groups in total. The van der Waals surface area contributed by atoms with Crippen LogP contribution in [0.3, 0.4) is 0 Å². The van der Waals surface area contributed by atoms with Crippen LogP contribution in [-0.2, 0) is 10.0 Å². The van der Waals surface area contributed by atoms with Crippen LogP contribution >= 0.6 is 0 Å². The van der Waals surface area contributed by atoms with Crippen molar-refractivity contribution in [2.45, 2.75) is 43.5 Å². The molecule has 20 heavy (non-hydrogen) atoms. The standard InChI is InChI=1S/C14H23N3O2S/c1-11-6-4-5-7-13(11)17(3)20(18,19)12-8-9-16-14(10-12)15-2/h8-11,13H,4-7H2,1-3H3,(H,15,16). The molecule has 6 heteroatoms. The second-order valence-corrected chi connectivity index (χ2v) is 7.47. The molecule has 2 unspecified atom stereocenters. The van der Waals surface area contributed by atoms with E-state index in [1.54, 1.807) is 30.5 Å². The number of hydrogen-bond acceptors (Lipinski definition) is 4. The first-order chi connectivity index (χ1) is 9.46. The van der Waals surface area contributed by atoms with E-state index in [2.05, 4.69) is 17.2 Å². The second-order valence-electron chi connectivity index (χ2n) is 5.48. The predicted molar refractivity (Wildman–Crippen MR) is 80.2 cm³/mol. The van der Waals surface area contributed by atoms with Gasteiger partial charge in [0.2, 0.25) is 10.0 Å². The summed E-state index contributed by atoms with van der Waals surface area (Å²) in [5.41, 5.74) is 0. The Kier molecular flexibility index (Phi) is 4.65. The van der Waals surface area contributed by atoms with Crippen molar-refractivity contribution in [3.05, 3.63) is 18.3 Å². The Morgan fingerprint density at radius 3 is 2.70 bits per heavy atom. The van der Waals surface area contributed by atoms with Crippen LogP contribution in [0, 0.1) is 5.92 Å². The Balaban J connectivity index is 2.28. The average molecular weight is 297 g/mol. The fourth-order valence-corrected chi connectivity index (χ4v) is 4.39. The zero-order valence-corrected chi connectivity index (χ0v) is 13.2. The van der Waals surface area contributed by atoms with Gasteiger partial charge in [0.05, 0.1) is 4.90 Å². The van der Waals surface area contributed by atoms with Gasteiger partial charge in [-0.25, -0.2) is 13.4 Å². The lowest BCUT2D eigenvalue weighted by Crippen LogP contribution is -2.42. The third-order valence-corrected chi connectivity index (χ3v) is 6.08. The smallest absolute Gasteiger partial charge is 0.243 e. The Bertz CT molecular complexity index is 559.